The van der Waals surface area contributed by atoms with Crippen LogP contribution in [0.2, 0.25) is 0 Å². The van der Waals surface area contributed by atoms with Gasteiger partial charge in [0.05, 0.1) is 3.79 Å². The van der Waals surface area contributed by atoms with Crippen LogP contribution < -0.4 is 5.73 Å². The number of hydrogen-bond donors (Lipinski definition) is 1. The Kier molecular flexibility index (Phi) is 6.41. The van der Waals surface area contributed by atoms with Gasteiger partial charge in [0.25, 0.3) is 0 Å². The van der Waals surface area contributed by atoms with Gasteiger partial charge in [0.2, 0.25) is 10.0 Å². The first kappa shape index (κ1) is 17.1. The Morgan fingerprint density at radius 2 is 1.95 bits per heavy atom. The summed E-state index contributed by atoms with van der Waals surface area (Å²) < 4.78 is 26.8. The smallest absolute Gasteiger partial charge is 0.244 e. The Labute approximate surface area is 127 Å². The first-order chi connectivity index (χ1) is 8.78. The van der Waals surface area contributed by atoms with Gasteiger partial charge in [0.1, 0.15) is 4.90 Å². The summed E-state index contributed by atoms with van der Waals surface area (Å²) in [6.07, 6.45) is 0.800. The van der Waals surface area contributed by atoms with Crippen molar-refractivity contribution >= 4 is 37.3 Å². The zero-order chi connectivity index (χ0) is 14.6. The molecule has 0 bridgehead atoms. The Morgan fingerprint density at radius 1 is 1.32 bits per heavy atom. The third kappa shape index (κ3) is 4.51. The van der Waals surface area contributed by atoms with Crippen LogP contribution in [0.1, 0.15) is 11.3 Å². The Hall–Kier alpha value is 0.01000. The van der Waals surface area contributed by atoms with Crippen LogP contribution in [-0.4, -0.2) is 51.9 Å². The molecule has 1 heterocycles. The fourth-order valence-corrected chi connectivity index (χ4v) is 5.29. The maximum Gasteiger partial charge on any atom is 0.244 e. The van der Waals surface area contributed by atoms with E-state index in [0.29, 0.717) is 21.8 Å². The molecule has 5 nitrogen and oxygen atoms in total. The van der Waals surface area contributed by atoms with Gasteiger partial charge in [0, 0.05) is 25.0 Å². The molecule has 1 aromatic rings. The molecule has 0 unspecified atom stereocenters. The fraction of sp³-hybridized carbons (Fsp3) is 0.636. The van der Waals surface area contributed by atoms with E-state index in [4.69, 9.17) is 5.73 Å². The molecule has 0 aliphatic rings. The van der Waals surface area contributed by atoms with Crippen LogP contribution in [0.3, 0.4) is 0 Å². The lowest BCUT2D eigenvalue weighted by molar-refractivity contribution is 0.370. The quantitative estimate of drug-likeness (QED) is 0.791. The fourth-order valence-electron chi connectivity index (χ4n) is 1.57. The Morgan fingerprint density at radius 3 is 2.42 bits per heavy atom. The average molecular weight is 370 g/mol. The van der Waals surface area contributed by atoms with Crippen molar-refractivity contribution in [3.63, 3.8) is 0 Å². The van der Waals surface area contributed by atoms with E-state index in [9.17, 15) is 8.42 Å². The van der Waals surface area contributed by atoms with Crippen LogP contribution in [0.15, 0.2) is 14.7 Å². The molecule has 0 spiro atoms. The molecule has 1 rings (SSSR count). The summed E-state index contributed by atoms with van der Waals surface area (Å²) in [5.41, 5.74) is 5.54. The van der Waals surface area contributed by atoms with Crippen molar-refractivity contribution in [3.05, 3.63) is 14.7 Å². The summed E-state index contributed by atoms with van der Waals surface area (Å²) in [5, 5.41) is 0. The number of nitrogens with zero attached hydrogens (tertiary/aromatic N) is 2. The number of sulfonamides is 1. The van der Waals surface area contributed by atoms with Crippen molar-refractivity contribution in [1.82, 2.24) is 9.21 Å². The summed E-state index contributed by atoms with van der Waals surface area (Å²) in [4.78, 5) is 3.20. The standard InChI is InChI=1S/C11H20BrN3O2S2/c1-14(2)5-4-6-15(3)19(16,17)10-7-9(8-13)18-11(10)12/h7H,4-6,8,13H2,1-3H3. The minimum Gasteiger partial charge on any atom is -0.326 e. The molecule has 8 heteroatoms. The van der Waals surface area contributed by atoms with Crippen molar-refractivity contribution < 1.29 is 8.42 Å². The molecule has 2 N–H and O–H groups in total. The molecule has 19 heavy (non-hydrogen) atoms. The zero-order valence-electron chi connectivity index (χ0n) is 11.4. The molecule has 0 amide bonds. The van der Waals surface area contributed by atoms with Gasteiger partial charge >= 0.3 is 0 Å². The second kappa shape index (κ2) is 7.14. The number of hydrogen-bond acceptors (Lipinski definition) is 5. The van der Waals surface area contributed by atoms with E-state index in [1.165, 1.54) is 15.6 Å². The van der Waals surface area contributed by atoms with E-state index >= 15 is 0 Å². The van der Waals surface area contributed by atoms with Gasteiger partial charge in [-0.1, -0.05) is 0 Å². The lowest BCUT2D eigenvalue weighted by Crippen LogP contribution is -2.29. The predicted molar refractivity (Wildman–Crippen MR) is 82.9 cm³/mol. The van der Waals surface area contributed by atoms with Crippen LogP contribution in [0.25, 0.3) is 0 Å². The lowest BCUT2D eigenvalue weighted by atomic mass is 10.4. The molecule has 0 saturated heterocycles. The third-order valence-corrected chi connectivity index (χ3v) is 6.81. The highest BCUT2D eigenvalue weighted by atomic mass is 79.9. The highest BCUT2D eigenvalue weighted by Crippen LogP contribution is 2.33. The van der Waals surface area contributed by atoms with Crippen molar-refractivity contribution in [1.29, 1.82) is 0 Å². The van der Waals surface area contributed by atoms with E-state index in [0.717, 1.165) is 17.8 Å². The summed E-state index contributed by atoms with van der Waals surface area (Å²) in [5.74, 6) is 0. The van der Waals surface area contributed by atoms with Crippen molar-refractivity contribution in [2.24, 2.45) is 5.73 Å². The minimum absolute atomic E-state index is 0.310. The summed E-state index contributed by atoms with van der Waals surface area (Å²) >= 11 is 4.67. The Balaban J connectivity index is 2.81. The van der Waals surface area contributed by atoms with Gasteiger partial charge < -0.3 is 10.6 Å². The predicted octanol–water partition coefficient (Wildman–Crippen LogP) is 1.54. The van der Waals surface area contributed by atoms with E-state index in [2.05, 4.69) is 15.9 Å². The second-order valence-corrected chi connectivity index (χ2v) is 9.01. The first-order valence-corrected chi connectivity index (χ1v) is 8.93. The minimum atomic E-state index is -3.43. The van der Waals surface area contributed by atoms with Crippen molar-refractivity contribution in [3.8, 4) is 0 Å². The van der Waals surface area contributed by atoms with E-state index in [-0.39, 0.29) is 0 Å². The molecule has 0 aliphatic carbocycles. The zero-order valence-corrected chi connectivity index (χ0v) is 14.6. The van der Waals surface area contributed by atoms with E-state index in [1.807, 2.05) is 19.0 Å². The van der Waals surface area contributed by atoms with Gasteiger partial charge in [-0.15, -0.1) is 11.3 Å². The third-order valence-electron chi connectivity index (χ3n) is 2.67. The molecule has 0 atom stereocenters. The topological polar surface area (TPSA) is 66.6 Å². The number of thiophene rings is 1. The van der Waals surface area contributed by atoms with Gasteiger partial charge in [-0.25, -0.2) is 12.7 Å². The van der Waals surface area contributed by atoms with Crippen LogP contribution in [-0.2, 0) is 16.6 Å². The van der Waals surface area contributed by atoms with Crippen LogP contribution >= 0.6 is 27.3 Å². The molecule has 0 radical (unpaired) electrons. The lowest BCUT2D eigenvalue weighted by Gasteiger charge is -2.18. The van der Waals surface area contributed by atoms with Crippen LogP contribution in [0.5, 0.6) is 0 Å². The van der Waals surface area contributed by atoms with Crippen LogP contribution in [0, 0.1) is 0 Å². The molecule has 0 aromatic carbocycles. The van der Waals surface area contributed by atoms with Crippen molar-refractivity contribution in [2.45, 2.75) is 17.9 Å². The number of rotatable bonds is 7. The normalized spacial score (nSPS) is 12.6. The summed E-state index contributed by atoms with van der Waals surface area (Å²) in [7, 11) is 2.11. The SMILES string of the molecule is CN(C)CCCN(C)S(=O)(=O)c1cc(CN)sc1Br. The van der Waals surface area contributed by atoms with Gasteiger partial charge in [0.15, 0.2) is 0 Å². The summed E-state index contributed by atoms with van der Waals surface area (Å²) in [6.45, 7) is 1.71. The second-order valence-electron chi connectivity index (χ2n) is 4.54. The summed E-state index contributed by atoms with van der Waals surface area (Å²) in [6, 6.07) is 1.65. The number of nitrogens with two attached hydrogens (primary N) is 1. The van der Waals surface area contributed by atoms with Crippen molar-refractivity contribution in [2.75, 3.05) is 34.2 Å². The highest BCUT2D eigenvalue weighted by molar-refractivity contribution is 9.11. The monoisotopic (exact) mass is 369 g/mol. The molecule has 0 aliphatic heterocycles. The highest BCUT2D eigenvalue weighted by Gasteiger charge is 2.25. The van der Waals surface area contributed by atoms with E-state index < -0.39 is 10.0 Å². The largest absolute Gasteiger partial charge is 0.326 e. The maximum atomic E-state index is 12.4. The first-order valence-electron chi connectivity index (χ1n) is 5.88. The maximum absolute atomic E-state index is 12.4. The van der Waals surface area contributed by atoms with Gasteiger partial charge in [-0.05, 0) is 49.1 Å². The van der Waals surface area contributed by atoms with Crippen LogP contribution in [0.4, 0.5) is 0 Å². The molecular weight excluding hydrogens is 350 g/mol. The average Bonchev–Trinajstić information content (AvgIpc) is 2.70. The molecule has 1 aromatic heterocycles. The molecule has 110 valence electrons. The Bertz CT molecular complexity index is 514. The van der Waals surface area contributed by atoms with Gasteiger partial charge in [-0.2, -0.15) is 0 Å². The van der Waals surface area contributed by atoms with Gasteiger partial charge in [-0.3, -0.25) is 0 Å². The molecule has 0 saturated carbocycles. The number of halogens is 1. The molecular formula is C11H20BrN3O2S2. The molecule has 0 fully saturated rings. The van der Waals surface area contributed by atoms with E-state index in [1.54, 1.807) is 13.1 Å².